The van der Waals surface area contributed by atoms with Crippen LogP contribution in [0.3, 0.4) is 0 Å². The second-order valence-corrected chi connectivity index (χ2v) is 5.78. The molecule has 0 spiro atoms. The van der Waals surface area contributed by atoms with Crippen LogP contribution < -0.4 is 0 Å². The first-order chi connectivity index (χ1) is 8.61. The second-order valence-electron chi connectivity index (χ2n) is 5.78. The zero-order valence-corrected chi connectivity index (χ0v) is 11.7. The number of likely N-dealkylation sites (N-methyl/N-ethyl adjacent to an activating group) is 1. The Kier molecular flexibility index (Phi) is 4.39. The monoisotopic (exact) mass is 249 g/mol. The Morgan fingerprint density at radius 2 is 1.83 bits per heavy atom. The van der Waals surface area contributed by atoms with Crippen LogP contribution >= 0.6 is 0 Å². The fraction of sp³-hybridized carbons (Fsp3) is 0.625. The highest BCUT2D eigenvalue weighted by atomic mass is 19.1. The molecule has 1 nitrogen and oxygen atoms in total. The van der Waals surface area contributed by atoms with Crippen LogP contribution in [0.5, 0.6) is 0 Å². The first-order valence-electron chi connectivity index (χ1n) is 7.03. The van der Waals surface area contributed by atoms with Crippen molar-refractivity contribution >= 4 is 0 Å². The van der Waals surface area contributed by atoms with E-state index in [4.69, 9.17) is 0 Å². The lowest BCUT2D eigenvalue weighted by Crippen LogP contribution is -2.38. The van der Waals surface area contributed by atoms with Crippen LogP contribution in [0.2, 0.25) is 0 Å². The molecule has 100 valence electrons. The zero-order valence-electron chi connectivity index (χ0n) is 11.7. The third-order valence-electron chi connectivity index (χ3n) is 4.46. The summed E-state index contributed by atoms with van der Waals surface area (Å²) in [5.41, 5.74) is 1.30. The van der Waals surface area contributed by atoms with Crippen molar-refractivity contribution in [1.29, 1.82) is 0 Å². The van der Waals surface area contributed by atoms with Gasteiger partial charge in [-0.25, -0.2) is 4.39 Å². The van der Waals surface area contributed by atoms with Gasteiger partial charge in [-0.2, -0.15) is 0 Å². The second kappa shape index (κ2) is 5.83. The molecule has 3 unspecified atom stereocenters. The maximum absolute atomic E-state index is 13.0. The highest BCUT2D eigenvalue weighted by Crippen LogP contribution is 2.39. The van der Waals surface area contributed by atoms with E-state index in [-0.39, 0.29) is 5.82 Å². The lowest BCUT2D eigenvalue weighted by atomic mass is 9.73. The fourth-order valence-corrected chi connectivity index (χ4v) is 3.30. The van der Waals surface area contributed by atoms with E-state index in [0.29, 0.717) is 12.0 Å². The van der Waals surface area contributed by atoms with Gasteiger partial charge in [-0.05, 0) is 62.9 Å². The Morgan fingerprint density at radius 1 is 1.17 bits per heavy atom. The van der Waals surface area contributed by atoms with Crippen molar-refractivity contribution in [1.82, 2.24) is 4.90 Å². The predicted molar refractivity (Wildman–Crippen MR) is 74.2 cm³/mol. The summed E-state index contributed by atoms with van der Waals surface area (Å²) in [4.78, 5) is 2.33. The molecule has 1 saturated carbocycles. The quantitative estimate of drug-likeness (QED) is 0.781. The van der Waals surface area contributed by atoms with E-state index in [1.54, 1.807) is 12.1 Å². The maximum atomic E-state index is 13.0. The summed E-state index contributed by atoms with van der Waals surface area (Å²) in [6.07, 6.45) is 5.09. The number of benzene rings is 1. The Bertz CT molecular complexity index is 371. The summed E-state index contributed by atoms with van der Waals surface area (Å²) in [6.45, 7) is 2.28. The normalized spacial score (nSPS) is 28.6. The maximum Gasteiger partial charge on any atom is 0.123 e. The fourth-order valence-electron chi connectivity index (χ4n) is 3.30. The molecule has 1 aromatic carbocycles. The molecule has 0 bridgehead atoms. The third-order valence-corrected chi connectivity index (χ3v) is 4.46. The molecule has 0 aromatic heterocycles. The number of rotatable bonds is 3. The van der Waals surface area contributed by atoms with Crippen molar-refractivity contribution in [2.24, 2.45) is 5.92 Å². The molecule has 0 heterocycles. The van der Waals surface area contributed by atoms with E-state index in [1.165, 1.54) is 31.2 Å². The Balaban J connectivity index is 2.21. The van der Waals surface area contributed by atoms with Gasteiger partial charge in [0.2, 0.25) is 0 Å². The van der Waals surface area contributed by atoms with Crippen molar-refractivity contribution in [2.45, 2.75) is 44.6 Å². The predicted octanol–water partition coefficient (Wildman–Crippen LogP) is 4.05. The minimum Gasteiger partial charge on any atom is -0.306 e. The average Bonchev–Trinajstić information content (AvgIpc) is 2.38. The molecule has 0 aliphatic heterocycles. The molecule has 0 saturated heterocycles. The van der Waals surface area contributed by atoms with Crippen LogP contribution in [-0.4, -0.2) is 25.0 Å². The van der Waals surface area contributed by atoms with E-state index in [0.717, 1.165) is 5.92 Å². The molecule has 3 atom stereocenters. The summed E-state index contributed by atoms with van der Waals surface area (Å²) in [7, 11) is 4.32. The summed E-state index contributed by atoms with van der Waals surface area (Å²) in [5, 5.41) is 0. The molecule has 1 aromatic rings. The summed E-state index contributed by atoms with van der Waals surface area (Å²) < 4.78 is 13.0. The Hall–Kier alpha value is -0.890. The van der Waals surface area contributed by atoms with Crippen molar-refractivity contribution in [3.63, 3.8) is 0 Å². The highest BCUT2D eigenvalue weighted by molar-refractivity contribution is 5.23. The van der Waals surface area contributed by atoms with Crippen molar-refractivity contribution in [3.8, 4) is 0 Å². The van der Waals surface area contributed by atoms with Gasteiger partial charge in [0.25, 0.3) is 0 Å². The summed E-state index contributed by atoms with van der Waals surface area (Å²) >= 11 is 0. The minimum absolute atomic E-state index is 0.136. The average molecular weight is 249 g/mol. The molecule has 2 rings (SSSR count). The van der Waals surface area contributed by atoms with E-state index in [9.17, 15) is 4.39 Å². The molecule has 1 fully saturated rings. The van der Waals surface area contributed by atoms with E-state index >= 15 is 0 Å². The van der Waals surface area contributed by atoms with Crippen LogP contribution in [-0.2, 0) is 0 Å². The summed E-state index contributed by atoms with van der Waals surface area (Å²) in [5.74, 6) is 1.25. The van der Waals surface area contributed by atoms with Crippen LogP contribution in [0, 0.1) is 11.7 Å². The molecular formula is C16H24FN. The molecule has 0 radical (unpaired) electrons. The zero-order chi connectivity index (χ0) is 13.1. The van der Waals surface area contributed by atoms with Crippen molar-refractivity contribution < 1.29 is 4.39 Å². The highest BCUT2D eigenvalue weighted by Gasteiger charge is 2.31. The van der Waals surface area contributed by atoms with Crippen LogP contribution in [0.1, 0.15) is 44.1 Å². The standard InChI is InChI=1S/C16H24FN/c1-4-12-5-10-16(18(2)3)15(11-12)13-6-8-14(17)9-7-13/h6-9,12,15-16H,4-5,10-11H2,1-3H3. The number of nitrogens with zero attached hydrogens (tertiary/aromatic N) is 1. The summed E-state index contributed by atoms with van der Waals surface area (Å²) in [6, 6.07) is 7.72. The first kappa shape index (κ1) is 13.5. The molecule has 1 aliphatic rings. The molecule has 0 N–H and O–H groups in total. The smallest absolute Gasteiger partial charge is 0.123 e. The van der Waals surface area contributed by atoms with Gasteiger partial charge in [-0.15, -0.1) is 0 Å². The van der Waals surface area contributed by atoms with E-state index in [2.05, 4.69) is 25.9 Å². The third kappa shape index (κ3) is 2.92. The molecule has 2 heteroatoms. The topological polar surface area (TPSA) is 3.24 Å². The van der Waals surface area contributed by atoms with Crippen molar-refractivity contribution in [3.05, 3.63) is 35.6 Å². The molecule has 0 amide bonds. The van der Waals surface area contributed by atoms with Crippen LogP contribution in [0.4, 0.5) is 4.39 Å². The number of hydrogen-bond acceptors (Lipinski definition) is 1. The molecular weight excluding hydrogens is 225 g/mol. The van der Waals surface area contributed by atoms with Gasteiger partial charge in [0.1, 0.15) is 5.82 Å². The van der Waals surface area contributed by atoms with Gasteiger partial charge in [-0.3, -0.25) is 0 Å². The van der Waals surface area contributed by atoms with Gasteiger partial charge < -0.3 is 4.90 Å². The van der Waals surface area contributed by atoms with Crippen LogP contribution in [0.15, 0.2) is 24.3 Å². The number of halogens is 1. The van der Waals surface area contributed by atoms with Gasteiger partial charge in [0.15, 0.2) is 0 Å². The Labute approximate surface area is 110 Å². The van der Waals surface area contributed by atoms with Crippen molar-refractivity contribution in [2.75, 3.05) is 14.1 Å². The van der Waals surface area contributed by atoms with E-state index < -0.39 is 0 Å². The molecule has 18 heavy (non-hydrogen) atoms. The van der Waals surface area contributed by atoms with Gasteiger partial charge in [0.05, 0.1) is 0 Å². The van der Waals surface area contributed by atoms with Crippen LogP contribution in [0.25, 0.3) is 0 Å². The number of hydrogen-bond donors (Lipinski definition) is 0. The SMILES string of the molecule is CCC1CCC(N(C)C)C(c2ccc(F)cc2)C1. The first-order valence-corrected chi connectivity index (χ1v) is 7.03. The Morgan fingerprint density at radius 3 is 2.39 bits per heavy atom. The largest absolute Gasteiger partial charge is 0.306 e. The van der Waals surface area contributed by atoms with Gasteiger partial charge >= 0.3 is 0 Å². The molecule has 1 aliphatic carbocycles. The minimum atomic E-state index is -0.136. The lowest BCUT2D eigenvalue weighted by Gasteiger charge is -2.40. The van der Waals surface area contributed by atoms with Gasteiger partial charge in [-0.1, -0.05) is 25.5 Å². The van der Waals surface area contributed by atoms with Gasteiger partial charge in [0, 0.05) is 6.04 Å². The van der Waals surface area contributed by atoms with E-state index in [1.807, 2.05) is 12.1 Å². The lowest BCUT2D eigenvalue weighted by molar-refractivity contribution is 0.162.